The molecule has 0 radical (unpaired) electrons. The minimum atomic E-state index is 0.548. The van der Waals surface area contributed by atoms with Crippen LogP contribution in [0, 0.1) is 12.8 Å². The van der Waals surface area contributed by atoms with Crippen LogP contribution in [-0.4, -0.2) is 36.2 Å². The number of guanidine groups is 1. The first-order chi connectivity index (χ1) is 12.1. The fourth-order valence-electron chi connectivity index (χ4n) is 2.55. The predicted molar refractivity (Wildman–Crippen MR) is 104 cm³/mol. The van der Waals surface area contributed by atoms with E-state index in [0.29, 0.717) is 30.6 Å². The van der Waals surface area contributed by atoms with E-state index >= 15 is 0 Å². The Kier molecular flexibility index (Phi) is 7.91. The molecule has 0 amide bonds. The molecule has 0 aliphatic carbocycles. The number of nitrogens with one attached hydrogen (secondary N) is 2. The zero-order valence-electron chi connectivity index (χ0n) is 15.1. The number of rotatable bonds is 8. The molecule has 136 valence electrons. The van der Waals surface area contributed by atoms with Gasteiger partial charge in [-0.1, -0.05) is 46.6 Å². The molecule has 7 heteroatoms. The fraction of sp³-hybridized carbons (Fsp3) is 0.500. The van der Waals surface area contributed by atoms with E-state index in [9.17, 15) is 0 Å². The van der Waals surface area contributed by atoms with Gasteiger partial charge in [0.25, 0.3) is 0 Å². The molecule has 1 aromatic heterocycles. The first-order valence-corrected chi connectivity index (χ1v) is 9.38. The SMILES string of the molecule is CCC(CNC(=NC)NCCc1nc(C)no1)Cc1cccc(Br)c1. The second-order valence-corrected chi connectivity index (χ2v) is 6.89. The van der Waals surface area contributed by atoms with Crippen LogP contribution in [0.25, 0.3) is 0 Å². The summed E-state index contributed by atoms with van der Waals surface area (Å²) in [7, 11) is 1.78. The molecular weight excluding hydrogens is 382 g/mol. The Morgan fingerprint density at radius 2 is 2.20 bits per heavy atom. The average Bonchev–Trinajstić information content (AvgIpc) is 3.02. The van der Waals surface area contributed by atoms with Crippen molar-refractivity contribution in [1.29, 1.82) is 0 Å². The number of nitrogens with zero attached hydrogens (tertiary/aromatic N) is 3. The van der Waals surface area contributed by atoms with Crippen LogP contribution in [0.4, 0.5) is 0 Å². The first-order valence-electron chi connectivity index (χ1n) is 8.58. The Morgan fingerprint density at radius 1 is 1.36 bits per heavy atom. The Bertz CT molecular complexity index is 686. The highest BCUT2D eigenvalue weighted by atomic mass is 79.9. The number of aliphatic imine (C=N–C) groups is 1. The van der Waals surface area contributed by atoms with E-state index in [2.05, 4.69) is 72.9 Å². The van der Waals surface area contributed by atoms with Gasteiger partial charge in [0.1, 0.15) is 0 Å². The summed E-state index contributed by atoms with van der Waals surface area (Å²) < 4.78 is 6.23. The molecule has 2 aromatic rings. The zero-order chi connectivity index (χ0) is 18.1. The van der Waals surface area contributed by atoms with Gasteiger partial charge in [0.05, 0.1) is 0 Å². The lowest BCUT2D eigenvalue weighted by Crippen LogP contribution is -2.40. The van der Waals surface area contributed by atoms with Crippen LogP contribution in [0.15, 0.2) is 38.3 Å². The molecule has 0 saturated carbocycles. The molecule has 1 aromatic carbocycles. The molecule has 0 saturated heterocycles. The fourth-order valence-corrected chi connectivity index (χ4v) is 3.00. The predicted octanol–water partition coefficient (Wildman–Crippen LogP) is 3.12. The molecule has 1 heterocycles. The van der Waals surface area contributed by atoms with Crippen molar-refractivity contribution in [2.45, 2.75) is 33.1 Å². The molecule has 0 aliphatic rings. The largest absolute Gasteiger partial charge is 0.356 e. The average molecular weight is 408 g/mol. The van der Waals surface area contributed by atoms with E-state index in [1.165, 1.54) is 5.56 Å². The highest BCUT2D eigenvalue weighted by Gasteiger charge is 2.09. The highest BCUT2D eigenvalue weighted by Crippen LogP contribution is 2.16. The normalized spacial score (nSPS) is 12.9. The van der Waals surface area contributed by atoms with E-state index in [0.717, 1.165) is 29.8 Å². The third kappa shape index (κ3) is 6.86. The number of aryl methyl sites for hydroxylation is 1. The van der Waals surface area contributed by atoms with Gasteiger partial charge < -0.3 is 15.2 Å². The van der Waals surface area contributed by atoms with E-state index in [-0.39, 0.29) is 0 Å². The molecule has 0 bridgehead atoms. The van der Waals surface area contributed by atoms with E-state index in [4.69, 9.17) is 4.52 Å². The van der Waals surface area contributed by atoms with Gasteiger partial charge in [0.2, 0.25) is 5.89 Å². The topological polar surface area (TPSA) is 75.3 Å². The number of hydrogen-bond acceptors (Lipinski definition) is 4. The Morgan fingerprint density at radius 3 is 2.84 bits per heavy atom. The molecular formula is C18H26BrN5O. The van der Waals surface area contributed by atoms with Crippen molar-refractivity contribution in [3.05, 3.63) is 46.0 Å². The summed E-state index contributed by atoms with van der Waals surface area (Å²) in [6.07, 6.45) is 2.83. The summed E-state index contributed by atoms with van der Waals surface area (Å²) in [5.41, 5.74) is 1.35. The third-order valence-electron chi connectivity index (χ3n) is 3.97. The van der Waals surface area contributed by atoms with Gasteiger partial charge in [-0.05, 0) is 37.0 Å². The molecule has 0 spiro atoms. The van der Waals surface area contributed by atoms with Gasteiger partial charge in [0.15, 0.2) is 11.8 Å². The van der Waals surface area contributed by atoms with Crippen LogP contribution >= 0.6 is 15.9 Å². The standard InChI is InChI=1S/C18H26BrN5O/c1-4-14(10-15-6-5-7-16(19)11-15)12-22-18(20-3)21-9-8-17-23-13(2)24-25-17/h5-7,11,14H,4,8-10,12H2,1-3H3,(H2,20,21,22). The second-order valence-electron chi connectivity index (χ2n) is 5.97. The minimum Gasteiger partial charge on any atom is -0.356 e. The van der Waals surface area contributed by atoms with Gasteiger partial charge in [-0.15, -0.1) is 0 Å². The van der Waals surface area contributed by atoms with Gasteiger partial charge in [-0.2, -0.15) is 4.98 Å². The van der Waals surface area contributed by atoms with E-state index in [1.807, 2.05) is 6.92 Å². The number of aromatic nitrogens is 2. The maximum absolute atomic E-state index is 5.11. The molecule has 0 fully saturated rings. The molecule has 1 unspecified atom stereocenters. The van der Waals surface area contributed by atoms with Crippen LogP contribution in [0.3, 0.4) is 0 Å². The van der Waals surface area contributed by atoms with E-state index in [1.54, 1.807) is 7.05 Å². The number of hydrogen-bond donors (Lipinski definition) is 2. The Balaban J connectivity index is 1.75. The highest BCUT2D eigenvalue weighted by molar-refractivity contribution is 9.10. The zero-order valence-corrected chi connectivity index (χ0v) is 16.6. The van der Waals surface area contributed by atoms with Crippen molar-refractivity contribution in [2.75, 3.05) is 20.1 Å². The molecule has 0 aliphatic heterocycles. The van der Waals surface area contributed by atoms with Crippen LogP contribution in [-0.2, 0) is 12.8 Å². The van der Waals surface area contributed by atoms with Crippen molar-refractivity contribution in [3.8, 4) is 0 Å². The van der Waals surface area contributed by atoms with Crippen LogP contribution in [0.2, 0.25) is 0 Å². The third-order valence-corrected chi connectivity index (χ3v) is 4.47. The molecule has 2 rings (SSSR count). The van der Waals surface area contributed by atoms with E-state index < -0.39 is 0 Å². The first kappa shape index (κ1) is 19.4. The molecule has 6 nitrogen and oxygen atoms in total. The maximum atomic E-state index is 5.11. The maximum Gasteiger partial charge on any atom is 0.228 e. The van der Waals surface area contributed by atoms with Crippen molar-refractivity contribution < 1.29 is 4.52 Å². The van der Waals surface area contributed by atoms with Gasteiger partial charge in [-0.3, -0.25) is 4.99 Å². The van der Waals surface area contributed by atoms with Crippen molar-refractivity contribution in [2.24, 2.45) is 10.9 Å². The van der Waals surface area contributed by atoms with Gasteiger partial charge in [-0.25, -0.2) is 0 Å². The summed E-state index contributed by atoms with van der Waals surface area (Å²) >= 11 is 3.53. The summed E-state index contributed by atoms with van der Waals surface area (Å²) in [6, 6.07) is 8.49. The summed E-state index contributed by atoms with van der Waals surface area (Å²) in [6.45, 7) is 5.61. The molecule has 2 N–H and O–H groups in total. The van der Waals surface area contributed by atoms with Crippen LogP contribution < -0.4 is 10.6 Å². The van der Waals surface area contributed by atoms with Crippen LogP contribution in [0.5, 0.6) is 0 Å². The van der Waals surface area contributed by atoms with Gasteiger partial charge in [0, 0.05) is 31.0 Å². The minimum absolute atomic E-state index is 0.548. The lowest BCUT2D eigenvalue weighted by atomic mass is 9.97. The van der Waals surface area contributed by atoms with Crippen molar-refractivity contribution in [1.82, 2.24) is 20.8 Å². The smallest absolute Gasteiger partial charge is 0.228 e. The van der Waals surface area contributed by atoms with Gasteiger partial charge >= 0.3 is 0 Å². The molecule has 25 heavy (non-hydrogen) atoms. The summed E-state index contributed by atoms with van der Waals surface area (Å²) in [5, 5.41) is 10.5. The second kappa shape index (κ2) is 10.2. The van der Waals surface area contributed by atoms with Crippen molar-refractivity contribution in [3.63, 3.8) is 0 Å². The lowest BCUT2D eigenvalue weighted by Gasteiger charge is -2.18. The Labute approximate surface area is 157 Å². The summed E-state index contributed by atoms with van der Waals surface area (Å²) in [5.74, 6) is 2.65. The number of halogens is 1. The quantitative estimate of drug-likeness (QED) is 0.519. The van der Waals surface area contributed by atoms with Crippen LogP contribution in [0.1, 0.15) is 30.6 Å². The lowest BCUT2D eigenvalue weighted by molar-refractivity contribution is 0.374. The summed E-state index contributed by atoms with van der Waals surface area (Å²) in [4.78, 5) is 8.47. The van der Waals surface area contributed by atoms with Crippen molar-refractivity contribution >= 4 is 21.9 Å². The Hall–Kier alpha value is -1.89. The molecule has 1 atom stereocenters. The number of benzene rings is 1. The monoisotopic (exact) mass is 407 g/mol.